The van der Waals surface area contributed by atoms with E-state index in [4.69, 9.17) is 0 Å². The predicted molar refractivity (Wildman–Crippen MR) is 66.8 cm³/mol. The third-order valence-electron chi connectivity index (χ3n) is 2.26. The number of hydrogen-bond donors (Lipinski definition) is 1. The van der Waals surface area contributed by atoms with Gasteiger partial charge in [-0.15, -0.1) is 0 Å². The Kier molecular flexibility index (Phi) is 4.55. The second-order valence-electron chi connectivity index (χ2n) is 3.95. The van der Waals surface area contributed by atoms with E-state index in [1.807, 2.05) is 19.0 Å². The summed E-state index contributed by atoms with van der Waals surface area (Å²) < 4.78 is 0. The van der Waals surface area contributed by atoms with Gasteiger partial charge in [0, 0.05) is 31.3 Å². The molecule has 0 unspecified atom stereocenters. The summed E-state index contributed by atoms with van der Waals surface area (Å²) in [5.74, 6) is 0. The van der Waals surface area contributed by atoms with Gasteiger partial charge in [-0.25, -0.2) is 0 Å². The van der Waals surface area contributed by atoms with Crippen LogP contribution in [0.3, 0.4) is 0 Å². The van der Waals surface area contributed by atoms with Crippen molar-refractivity contribution in [3.05, 3.63) is 38.4 Å². The number of rotatable bonds is 6. The van der Waals surface area contributed by atoms with Crippen molar-refractivity contribution in [3.8, 4) is 0 Å². The molecule has 0 aliphatic heterocycles. The largest absolute Gasteiger partial charge is 0.378 e. The second kappa shape index (κ2) is 5.92. The molecule has 0 fully saturated rings. The number of hydrogen-bond acceptors (Lipinski definition) is 6. The van der Waals surface area contributed by atoms with E-state index in [-0.39, 0.29) is 17.1 Å². The summed E-state index contributed by atoms with van der Waals surface area (Å²) in [4.78, 5) is 22.2. The molecule has 0 aliphatic carbocycles. The zero-order valence-electron chi connectivity index (χ0n) is 10.1. The van der Waals surface area contributed by atoms with E-state index in [9.17, 15) is 20.2 Å². The van der Waals surface area contributed by atoms with Crippen molar-refractivity contribution in [2.75, 3.05) is 32.5 Å². The molecule has 0 aliphatic rings. The minimum atomic E-state index is -0.582. The summed E-state index contributed by atoms with van der Waals surface area (Å²) >= 11 is 0. The van der Waals surface area contributed by atoms with E-state index in [0.717, 1.165) is 12.1 Å². The Morgan fingerprint density at radius 2 is 1.89 bits per heavy atom. The summed E-state index contributed by atoms with van der Waals surface area (Å²) in [5, 5.41) is 24.2. The monoisotopic (exact) mass is 254 g/mol. The molecule has 1 aromatic carbocycles. The molecule has 1 aromatic rings. The molecule has 0 saturated heterocycles. The fourth-order valence-electron chi connectivity index (χ4n) is 1.35. The molecule has 0 amide bonds. The van der Waals surface area contributed by atoms with Crippen molar-refractivity contribution in [2.45, 2.75) is 0 Å². The van der Waals surface area contributed by atoms with Crippen LogP contribution in [-0.4, -0.2) is 41.9 Å². The van der Waals surface area contributed by atoms with E-state index in [1.165, 1.54) is 6.07 Å². The van der Waals surface area contributed by atoms with Crippen LogP contribution in [0.15, 0.2) is 18.2 Å². The van der Waals surface area contributed by atoms with Crippen molar-refractivity contribution in [1.82, 2.24) is 4.90 Å². The number of nitrogens with zero attached hydrogens (tertiary/aromatic N) is 3. The first kappa shape index (κ1) is 13.8. The van der Waals surface area contributed by atoms with Crippen molar-refractivity contribution < 1.29 is 9.85 Å². The molecule has 1 rings (SSSR count). The van der Waals surface area contributed by atoms with Gasteiger partial charge in [-0.05, 0) is 14.1 Å². The van der Waals surface area contributed by atoms with E-state index >= 15 is 0 Å². The topological polar surface area (TPSA) is 102 Å². The number of benzene rings is 1. The van der Waals surface area contributed by atoms with Gasteiger partial charge in [0.1, 0.15) is 5.69 Å². The Balaban J connectivity index is 2.93. The lowest BCUT2D eigenvalue weighted by atomic mass is 10.2. The van der Waals surface area contributed by atoms with Crippen molar-refractivity contribution in [3.63, 3.8) is 0 Å². The maximum atomic E-state index is 10.8. The Bertz CT molecular complexity index is 461. The van der Waals surface area contributed by atoms with Gasteiger partial charge in [0.05, 0.1) is 9.85 Å². The highest BCUT2D eigenvalue weighted by Gasteiger charge is 2.17. The van der Waals surface area contributed by atoms with Gasteiger partial charge in [0.2, 0.25) is 0 Å². The maximum absolute atomic E-state index is 10.8. The average Bonchev–Trinajstić information content (AvgIpc) is 2.27. The van der Waals surface area contributed by atoms with Gasteiger partial charge in [-0.2, -0.15) is 0 Å². The Morgan fingerprint density at radius 3 is 2.39 bits per heavy atom. The van der Waals surface area contributed by atoms with Crippen LogP contribution in [-0.2, 0) is 0 Å². The fourth-order valence-corrected chi connectivity index (χ4v) is 1.35. The van der Waals surface area contributed by atoms with Crippen molar-refractivity contribution in [2.24, 2.45) is 0 Å². The van der Waals surface area contributed by atoms with Crippen LogP contribution in [0.4, 0.5) is 17.1 Å². The number of non-ortho nitro benzene ring substituents is 1. The highest BCUT2D eigenvalue weighted by Crippen LogP contribution is 2.28. The molecule has 0 heterocycles. The van der Waals surface area contributed by atoms with Crippen LogP contribution in [0.5, 0.6) is 0 Å². The lowest BCUT2D eigenvalue weighted by molar-refractivity contribution is -0.388. The molecule has 18 heavy (non-hydrogen) atoms. The standard InChI is InChI=1S/C10H14N4O4/c1-12(2)6-5-11-9-7-8(13(15)16)3-4-10(9)14(17)18/h3-4,7,11H,5-6H2,1-2H3. The molecular formula is C10H14N4O4. The van der Waals surface area contributed by atoms with Gasteiger partial charge < -0.3 is 10.2 Å². The van der Waals surface area contributed by atoms with E-state index in [2.05, 4.69) is 5.32 Å². The fraction of sp³-hybridized carbons (Fsp3) is 0.400. The molecule has 0 aromatic heterocycles. The molecular weight excluding hydrogens is 240 g/mol. The molecule has 0 atom stereocenters. The zero-order chi connectivity index (χ0) is 13.7. The number of anilines is 1. The minimum absolute atomic E-state index is 0.163. The molecule has 8 heteroatoms. The van der Waals surface area contributed by atoms with E-state index in [1.54, 1.807) is 0 Å². The molecule has 0 spiro atoms. The first-order valence-corrected chi connectivity index (χ1v) is 5.23. The maximum Gasteiger partial charge on any atom is 0.292 e. The van der Waals surface area contributed by atoms with Crippen LogP contribution in [0.1, 0.15) is 0 Å². The lowest BCUT2D eigenvalue weighted by Gasteiger charge is -2.11. The molecule has 98 valence electrons. The average molecular weight is 254 g/mol. The van der Waals surface area contributed by atoms with Gasteiger partial charge >= 0.3 is 0 Å². The van der Waals surface area contributed by atoms with Gasteiger partial charge in [0.25, 0.3) is 11.4 Å². The third-order valence-corrected chi connectivity index (χ3v) is 2.26. The normalized spacial score (nSPS) is 10.4. The molecule has 0 radical (unpaired) electrons. The Morgan fingerprint density at radius 1 is 1.22 bits per heavy atom. The quantitative estimate of drug-likeness (QED) is 0.609. The van der Waals surface area contributed by atoms with E-state index < -0.39 is 9.85 Å². The van der Waals surface area contributed by atoms with Gasteiger partial charge in [0.15, 0.2) is 0 Å². The van der Waals surface area contributed by atoms with Crippen molar-refractivity contribution >= 4 is 17.1 Å². The summed E-state index contributed by atoms with van der Waals surface area (Å²) in [7, 11) is 3.73. The Labute approximate surface area is 104 Å². The molecule has 8 nitrogen and oxygen atoms in total. The third kappa shape index (κ3) is 3.67. The smallest absolute Gasteiger partial charge is 0.292 e. The van der Waals surface area contributed by atoms with Crippen LogP contribution >= 0.6 is 0 Å². The van der Waals surface area contributed by atoms with Crippen molar-refractivity contribution in [1.29, 1.82) is 0 Å². The number of nitro groups is 2. The number of nitro benzene ring substituents is 2. The number of likely N-dealkylation sites (N-methyl/N-ethyl adjacent to an activating group) is 1. The molecule has 0 saturated carbocycles. The first-order valence-electron chi connectivity index (χ1n) is 5.23. The Hall–Kier alpha value is -2.22. The minimum Gasteiger partial charge on any atom is -0.378 e. The molecule has 1 N–H and O–H groups in total. The van der Waals surface area contributed by atoms with Gasteiger partial charge in [-0.3, -0.25) is 20.2 Å². The van der Waals surface area contributed by atoms with Gasteiger partial charge in [-0.1, -0.05) is 0 Å². The van der Waals surface area contributed by atoms with E-state index in [0.29, 0.717) is 13.1 Å². The van der Waals surface area contributed by atoms with Crippen LogP contribution in [0, 0.1) is 20.2 Å². The van der Waals surface area contributed by atoms with Crippen LogP contribution in [0.2, 0.25) is 0 Å². The summed E-state index contributed by atoms with van der Waals surface area (Å²) in [5.41, 5.74) is -0.177. The zero-order valence-corrected chi connectivity index (χ0v) is 10.1. The summed E-state index contributed by atoms with van der Waals surface area (Å²) in [6.07, 6.45) is 0. The second-order valence-corrected chi connectivity index (χ2v) is 3.95. The highest BCUT2D eigenvalue weighted by atomic mass is 16.6. The SMILES string of the molecule is CN(C)CCNc1cc([N+](=O)[O-])ccc1[N+](=O)[O-]. The molecule has 0 bridgehead atoms. The lowest BCUT2D eigenvalue weighted by Crippen LogP contribution is -2.21. The first-order chi connectivity index (χ1) is 8.41. The van der Waals surface area contributed by atoms with Crippen LogP contribution in [0.25, 0.3) is 0 Å². The summed E-state index contributed by atoms with van der Waals surface area (Å²) in [6.45, 7) is 1.13. The van der Waals surface area contributed by atoms with Crippen LogP contribution < -0.4 is 5.32 Å². The number of nitrogens with one attached hydrogen (secondary N) is 1. The summed E-state index contributed by atoms with van der Waals surface area (Å²) in [6, 6.07) is 3.43. The highest BCUT2D eigenvalue weighted by molar-refractivity contribution is 5.65. The predicted octanol–water partition coefficient (Wildman–Crippen LogP) is 1.48.